The van der Waals surface area contributed by atoms with E-state index in [-0.39, 0.29) is 11.2 Å². The number of carbonyl (C=O) groups is 1. The molecule has 23 heavy (non-hydrogen) atoms. The summed E-state index contributed by atoms with van der Waals surface area (Å²) in [7, 11) is 3.58. The Bertz CT molecular complexity index is 679. The maximum Gasteiger partial charge on any atom is 0.240 e. The average Bonchev–Trinajstić information content (AvgIpc) is 3.33. The van der Waals surface area contributed by atoms with E-state index in [1.807, 2.05) is 30.3 Å². The fraction of sp³-hybridized carbons (Fsp3) is 0.471. The van der Waals surface area contributed by atoms with Crippen molar-refractivity contribution in [3.8, 4) is 0 Å². The van der Waals surface area contributed by atoms with Crippen LogP contribution in [0.15, 0.2) is 35.5 Å². The molecular formula is C17H22N4OS. The van der Waals surface area contributed by atoms with Crippen molar-refractivity contribution < 1.29 is 4.79 Å². The first-order valence-corrected chi connectivity index (χ1v) is 8.85. The van der Waals surface area contributed by atoms with Crippen molar-refractivity contribution in [2.24, 2.45) is 0 Å². The van der Waals surface area contributed by atoms with Crippen LogP contribution in [0.2, 0.25) is 0 Å². The Morgan fingerprint density at radius 1 is 1.30 bits per heavy atom. The molecule has 1 fully saturated rings. The monoisotopic (exact) mass is 330 g/mol. The molecule has 2 aromatic rings. The average molecular weight is 330 g/mol. The molecule has 1 amide bonds. The van der Waals surface area contributed by atoms with E-state index in [0.29, 0.717) is 5.92 Å². The first kappa shape index (κ1) is 16.1. The van der Waals surface area contributed by atoms with Crippen molar-refractivity contribution in [3.63, 3.8) is 0 Å². The molecule has 0 radical (unpaired) electrons. The number of hydrogen-bond donors (Lipinski definition) is 0. The molecule has 0 unspecified atom stereocenters. The van der Waals surface area contributed by atoms with Gasteiger partial charge in [-0.05, 0) is 25.3 Å². The summed E-state index contributed by atoms with van der Waals surface area (Å²) in [6, 6.07) is 9.88. The van der Waals surface area contributed by atoms with Gasteiger partial charge in [0.25, 0.3) is 0 Å². The third-order valence-electron chi connectivity index (χ3n) is 3.99. The molecule has 1 atom stereocenters. The van der Waals surface area contributed by atoms with E-state index < -0.39 is 0 Å². The topological polar surface area (TPSA) is 51.0 Å². The molecule has 122 valence electrons. The molecular weight excluding hydrogens is 308 g/mol. The molecule has 1 aromatic heterocycles. The maximum absolute atomic E-state index is 12.6. The number of nitrogens with zero attached hydrogens (tertiary/aromatic N) is 4. The highest BCUT2D eigenvalue weighted by molar-refractivity contribution is 8.00. The van der Waals surface area contributed by atoms with Crippen LogP contribution in [0.3, 0.4) is 0 Å². The molecule has 0 spiro atoms. The lowest BCUT2D eigenvalue weighted by Gasteiger charge is -2.20. The van der Waals surface area contributed by atoms with Crippen LogP contribution in [0.5, 0.6) is 0 Å². The molecule has 1 aliphatic carbocycles. The second-order valence-electron chi connectivity index (χ2n) is 6.00. The van der Waals surface area contributed by atoms with Crippen LogP contribution in [0.4, 0.5) is 0 Å². The molecule has 0 saturated heterocycles. The molecule has 1 aromatic carbocycles. The molecule has 6 heteroatoms. The van der Waals surface area contributed by atoms with E-state index in [2.05, 4.69) is 21.7 Å². The van der Waals surface area contributed by atoms with Crippen molar-refractivity contribution in [2.45, 2.75) is 42.6 Å². The van der Waals surface area contributed by atoms with Gasteiger partial charge in [0, 0.05) is 26.6 Å². The van der Waals surface area contributed by atoms with Gasteiger partial charge < -0.3 is 9.47 Å². The van der Waals surface area contributed by atoms with Gasteiger partial charge in [-0.3, -0.25) is 4.79 Å². The summed E-state index contributed by atoms with van der Waals surface area (Å²) in [6.45, 7) is 2.93. The van der Waals surface area contributed by atoms with E-state index in [4.69, 9.17) is 0 Å². The van der Waals surface area contributed by atoms with Gasteiger partial charge in [-0.2, -0.15) is 0 Å². The first-order chi connectivity index (χ1) is 11.1. The van der Waals surface area contributed by atoms with Crippen LogP contribution in [-0.4, -0.2) is 39.7 Å². The smallest absolute Gasteiger partial charge is 0.240 e. The number of thioether (sulfide) groups is 1. The van der Waals surface area contributed by atoms with Crippen molar-refractivity contribution in [2.75, 3.05) is 14.1 Å². The number of carbonyl (C=O) groups excluding carboxylic acids is 1. The third kappa shape index (κ3) is 3.42. The van der Waals surface area contributed by atoms with Crippen molar-refractivity contribution in [3.05, 3.63) is 41.7 Å². The summed E-state index contributed by atoms with van der Waals surface area (Å²) in [6.07, 6.45) is 2.39. The molecule has 3 rings (SSSR count). The lowest BCUT2D eigenvalue weighted by Crippen LogP contribution is -2.27. The van der Waals surface area contributed by atoms with E-state index >= 15 is 0 Å². The molecule has 1 heterocycles. The Balaban J connectivity index is 1.91. The quantitative estimate of drug-likeness (QED) is 0.764. The Labute approximate surface area is 141 Å². The van der Waals surface area contributed by atoms with Gasteiger partial charge in [-0.15, -0.1) is 10.2 Å². The van der Waals surface area contributed by atoms with Crippen molar-refractivity contribution in [1.82, 2.24) is 19.7 Å². The van der Waals surface area contributed by atoms with Crippen LogP contribution in [0, 0.1) is 0 Å². The zero-order chi connectivity index (χ0) is 16.4. The van der Waals surface area contributed by atoms with Gasteiger partial charge >= 0.3 is 0 Å². The van der Waals surface area contributed by atoms with E-state index in [1.54, 1.807) is 19.0 Å². The molecule has 1 saturated carbocycles. The predicted molar refractivity (Wildman–Crippen MR) is 91.4 cm³/mol. The minimum Gasteiger partial charge on any atom is -0.348 e. The zero-order valence-electron chi connectivity index (χ0n) is 13.8. The number of likely N-dealkylation sites (N-methyl/N-ethyl adjacent to an activating group) is 1. The standard InChI is InChI=1S/C17H22N4OS/c1-4-21-15(13-10-11-13)18-19-17(21)23-14(16(22)20(2)3)12-8-6-5-7-9-12/h5-9,13-14H,4,10-11H2,1-3H3/t14-/m1/s1. The summed E-state index contributed by atoms with van der Waals surface area (Å²) in [5.41, 5.74) is 0.995. The fourth-order valence-electron chi connectivity index (χ4n) is 2.56. The zero-order valence-corrected chi connectivity index (χ0v) is 14.6. The van der Waals surface area contributed by atoms with Gasteiger partial charge in [0.15, 0.2) is 5.16 Å². The maximum atomic E-state index is 12.6. The minimum atomic E-state index is -0.298. The van der Waals surface area contributed by atoms with Crippen molar-refractivity contribution >= 4 is 17.7 Å². The Morgan fingerprint density at radius 2 is 2.00 bits per heavy atom. The number of benzene rings is 1. The number of aromatic nitrogens is 3. The predicted octanol–water partition coefficient (Wildman–Crippen LogP) is 3.10. The lowest BCUT2D eigenvalue weighted by molar-refractivity contribution is -0.128. The molecule has 5 nitrogen and oxygen atoms in total. The van der Waals surface area contributed by atoms with Gasteiger partial charge in [-0.25, -0.2) is 0 Å². The normalized spacial score (nSPS) is 15.4. The van der Waals surface area contributed by atoms with E-state index in [0.717, 1.165) is 23.1 Å². The second-order valence-corrected chi connectivity index (χ2v) is 7.07. The van der Waals surface area contributed by atoms with Crippen LogP contribution in [0.1, 0.15) is 42.3 Å². The third-order valence-corrected chi connectivity index (χ3v) is 5.22. The van der Waals surface area contributed by atoms with Gasteiger partial charge in [0.2, 0.25) is 5.91 Å². The summed E-state index contributed by atoms with van der Waals surface area (Å²) < 4.78 is 2.15. The summed E-state index contributed by atoms with van der Waals surface area (Å²) in [5, 5.41) is 9.26. The number of rotatable bonds is 6. The van der Waals surface area contributed by atoms with Gasteiger partial charge in [-0.1, -0.05) is 42.1 Å². The molecule has 0 aliphatic heterocycles. The van der Waals surface area contributed by atoms with Crippen molar-refractivity contribution in [1.29, 1.82) is 0 Å². The highest BCUT2D eigenvalue weighted by atomic mass is 32.2. The van der Waals surface area contributed by atoms with E-state index in [9.17, 15) is 4.79 Å². The summed E-state index contributed by atoms with van der Waals surface area (Å²) >= 11 is 1.49. The van der Waals surface area contributed by atoms with E-state index in [1.165, 1.54) is 24.6 Å². The minimum absolute atomic E-state index is 0.0693. The van der Waals surface area contributed by atoms with Gasteiger partial charge in [0.05, 0.1) is 0 Å². The summed E-state index contributed by atoms with van der Waals surface area (Å²) in [4.78, 5) is 14.3. The highest BCUT2D eigenvalue weighted by Crippen LogP contribution is 2.42. The highest BCUT2D eigenvalue weighted by Gasteiger charge is 2.32. The SMILES string of the molecule is CCn1c(S[C@@H](C(=O)N(C)C)c2ccccc2)nnc1C1CC1. The van der Waals surface area contributed by atoms with Crippen LogP contribution in [0.25, 0.3) is 0 Å². The molecule has 0 N–H and O–H groups in total. The molecule has 0 bridgehead atoms. The van der Waals surface area contributed by atoms with Crippen LogP contribution in [-0.2, 0) is 11.3 Å². The Hall–Kier alpha value is -1.82. The lowest BCUT2D eigenvalue weighted by atomic mass is 10.1. The van der Waals surface area contributed by atoms with Crippen LogP contribution < -0.4 is 0 Å². The largest absolute Gasteiger partial charge is 0.348 e. The van der Waals surface area contributed by atoms with Crippen LogP contribution >= 0.6 is 11.8 Å². The Kier molecular flexibility index (Phi) is 4.71. The fourth-order valence-corrected chi connectivity index (χ4v) is 3.81. The first-order valence-electron chi connectivity index (χ1n) is 7.97. The molecule has 1 aliphatic rings. The van der Waals surface area contributed by atoms with Gasteiger partial charge in [0.1, 0.15) is 11.1 Å². The Morgan fingerprint density at radius 3 is 2.57 bits per heavy atom. The number of amides is 1. The second kappa shape index (κ2) is 6.74. The summed E-state index contributed by atoms with van der Waals surface area (Å²) in [5.74, 6) is 1.69. The number of hydrogen-bond acceptors (Lipinski definition) is 4.